The van der Waals surface area contributed by atoms with Crippen molar-refractivity contribution in [2.45, 2.75) is 60.6 Å². The molecule has 139 heavy (non-hydrogen) atoms. The van der Waals surface area contributed by atoms with Gasteiger partial charge in [0.15, 0.2) is 5.65 Å². The summed E-state index contributed by atoms with van der Waals surface area (Å²) < 4.78 is 138. The van der Waals surface area contributed by atoms with E-state index in [2.05, 4.69) is 75.8 Å². The van der Waals surface area contributed by atoms with Gasteiger partial charge in [-0.05, 0) is 223 Å². The second-order valence-electron chi connectivity index (χ2n) is 32.7. The van der Waals surface area contributed by atoms with E-state index < -0.39 is 39.9 Å². The third-order valence-corrected chi connectivity index (χ3v) is 23.7. The van der Waals surface area contributed by atoms with Crippen LogP contribution in [-0.4, -0.2) is 92.1 Å². The van der Waals surface area contributed by atoms with Crippen LogP contribution in [0, 0.1) is 53.6 Å². The van der Waals surface area contributed by atoms with E-state index in [4.69, 9.17) is 27.1 Å². The molecule has 24 rings (SSSR count). The van der Waals surface area contributed by atoms with Crippen LogP contribution in [0.3, 0.4) is 0 Å². The molecule has 0 aliphatic heterocycles. The number of halogens is 1. The number of aliphatic hydroxyl groups is 1. The summed E-state index contributed by atoms with van der Waals surface area (Å²) in [6.45, 7) is 1.76. The van der Waals surface area contributed by atoms with Gasteiger partial charge in [0, 0.05) is 191 Å². The van der Waals surface area contributed by atoms with E-state index in [1.165, 1.54) is 12.3 Å². The zero-order chi connectivity index (χ0) is 108. The van der Waals surface area contributed by atoms with Gasteiger partial charge in [0.25, 0.3) is 5.82 Å². The number of hydrogen-bond acceptors (Lipinski definition) is 15. The van der Waals surface area contributed by atoms with Crippen molar-refractivity contribution in [2.24, 2.45) is 0 Å². The summed E-state index contributed by atoms with van der Waals surface area (Å²) in [4.78, 5) is 56.4. The highest BCUT2D eigenvalue weighted by molar-refractivity contribution is 7.16. The zero-order valence-electron chi connectivity index (χ0n) is 89.9. The van der Waals surface area contributed by atoms with Gasteiger partial charge in [-0.15, -0.1) is 11.3 Å². The molecule has 0 amide bonds. The Hall–Kier alpha value is -17.9. The lowest BCUT2D eigenvalue weighted by Crippen LogP contribution is -2.18. The van der Waals surface area contributed by atoms with Gasteiger partial charge in [0.1, 0.15) is 22.7 Å². The Morgan fingerprint density at radius 2 is 0.820 bits per heavy atom. The van der Waals surface area contributed by atoms with Crippen molar-refractivity contribution < 1.29 is 30.1 Å². The summed E-state index contributed by atoms with van der Waals surface area (Å²) in [5.74, 6) is 0.201. The third kappa shape index (κ3) is 20.3. The molecule has 0 fully saturated rings. The number of fused-ring (bicyclic) bond motifs is 6. The predicted octanol–water partition coefficient (Wildman–Crippen LogP) is 27.5. The first-order valence-electron chi connectivity index (χ1n) is 51.5. The monoisotopic (exact) mass is 1840 g/mol. The van der Waals surface area contributed by atoms with Crippen LogP contribution in [0.4, 0.5) is 10.2 Å². The second kappa shape index (κ2) is 40.5. The molecule has 0 aliphatic carbocycles. The van der Waals surface area contributed by atoms with Gasteiger partial charge in [-0.2, -0.15) is 5.10 Å². The van der Waals surface area contributed by atoms with Crippen LogP contribution in [0.1, 0.15) is 73.5 Å². The summed E-state index contributed by atoms with van der Waals surface area (Å²) >= 11 is 1.60. The Kier molecular flexibility index (Phi) is 21.4. The van der Waals surface area contributed by atoms with Crippen LogP contribution in [0.15, 0.2) is 408 Å². The van der Waals surface area contributed by atoms with E-state index in [1.54, 1.807) is 212 Å². The van der Waals surface area contributed by atoms with Gasteiger partial charge in [-0.3, -0.25) is 29.9 Å². The van der Waals surface area contributed by atoms with Crippen molar-refractivity contribution in [3.05, 3.63) is 465 Å². The van der Waals surface area contributed by atoms with Crippen LogP contribution in [-0.2, 0) is 5.60 Å². The third-order valence-electron chi connectivity index (χ3n) is 22.9. The molecular weight excluding hydrogens is 1740 g/mol. The first-order valence-corrected chi connectivity index (χ1v) is 44.8. The van der Waals surface area contributed by atoms with Crippen LogP contribution >= 0.6 is 11.3 Å². The second-order valence-corrected chi connectivity index (χ2v) is 33.6. The smallest absolute Gasteiger partial charge is 0.254 e. The highest BCUT2D eigenvalue weighted by Crippen LogP contribution is 2.40. The van der Waals surface area contributed by atoms with Gasteiger partial charge < -0.3 is 23.2 Å². The van der Waals surface area contributed by atoms with Crippen molar-refractivity contribution in [3.63, 3.8) is 0 Å². The molecule has 0 saturated heterocycles. The molecular formula is C117H92FN19OS. The van der Waals surface area contributed by atoms with Gasteiger partial charge in [0.05, 0.1) is 104 Å². The van der Waals surface area contributed by atoms with Crippen molar-refractivity contribution >= 4 is 55.5 Å². The molecule has 17 heterocycles. The average Bonchev–Trinajstić information content (AvgIpc) is 1.57. The van der Waals surface area contributed by atoms with Crippen molar-refractivity contribution in [2.75, 3.05) is 0 Å². The standard InChI is InChI=1S/C22H20FN3O.C20H14N4.2C19H15N3.C19H14N2S.C18H14N4/c1-14-11-15(6-8-18(14)23)21-17(5-4-10-24-21)16-7-9-20-25-12-19(22(2,3)27)26(20)13-16;1-14-5-3-6-15(11-14)20-17(7-4-10-22-20)16-8-9-18-23-12-19(21-2)24(18)13-16;1-14-4-2-5-15(12-14)19-17(6-3-9-21-19)16-7-8-18-20-10-11-22(18)13-16;1-14-4-2-5-16(10-14)19-18(6-3-8-21-19)15-7-9-22-13-20-12-17(22)11-15;1-13-4-2-5-15(10-13)19-16(6-3-9-20-19)14-7-8-17-18(11-14)22-12-21-17;1-13-4-2-5-14(12-13)18-15(6-3-9-19-18)16-8-11-22-17(21-16)7-10-20-22/h4-13,27H,1-3H3;3-13H,1H3;2*2-13H,1H3;2*2-12H,1H3/i;5*1D3. The molecule has 7 aromatic carbocycles. The maximum atomic E-state index is 13.7. The summed E-state index contributed by atoms with van der Waals surface area (Å²) in [5.41, 5.74) is 28.9. The van der Waals surface area contributed by atoms with E-state index in [0.29, 0.717) is 56.4 Å². The van der Waals surface area contributed by atoms with Gasteiger partial charge >= 0.3 is 0 Å². The predicted molar refractivity (Wildman–Crippen MR) is 555 cm³/mol. The van der Waals surface area contributed by atoms with Crippen molar-refractivity contribution in [1.82, 2.24) is 87.0 Å². The Morgan fingerprint density at radius 1 is 0.367 bits per heavy atom. The van der Waals surface area contributed by atoms with E-state index in [0.717, 1.165) is 156 Å². The minimum atomic E-state index is -2.18. The lowest BCUT2D eigenvalue weighted by atomic mass is 9.98. The molecule has 22 heteroatoms. The van der Waals surface area contributed by atoms with Crippen LogP contribution < -0.4 is 0 Å². The largest absolute Gasteiger partial charge is 0.384 e. The maximum absolute atomic E-state index is 13.7. The Labute approximate surface area is 827 Å². The average molecular weight is 1850 g/mol. The van der Waals surface area contributed by atoms with Gasteiger partial charge in [-0.1, -0.05) is 162 Å². The Morgan fingerprint density at radius 3 is 1.33 bits per heavy atom. The molecule has 0 unspecified atom stereocenters. The summed E-state index contributed by atoms with van der Waals surface area (Å²) in [6, 6.07) is 88.1. The van der Waals surface area contributed by atoms with Gasteiger partial charge in [0.2, 0.25) is 5.65 Å². The first-order chi connectivity index (χ1) is 73.9. The summed E-state index contributed by atoms with van der Waals surface area (Å²) in [6.07, 6.45) is 32.0. The number of imidazole rings is 4. The fourth-order valence-electron chi connectivity index (χ4n) is 16.3. The van der Waals surface area contributed by atoms with E-state index in [-0.39, 0.29) is 11.4 Å². The number of hydrogen-bond donors (Lipinski definition) is 1. The number of benzene rings is 7. The normalized spacial score (nSPS) is 13.1. The molecule has 20 nitrogen and oxygen atoms in total. The molecule has 0 saturated carbocycles. The van der Waals surface area contributed by atoms with E-state index >= 15 is 0 Å². The highest BCUT2D eigenvalue weighted by Gasteiger charge is 2.23. The van der Waals surface area contributed by atoms with Crippen molar-refractivity contribution in [1.29, 1.82) is 0 Å². The van der Waals surface area contributed by atoms with Crippen LogP contribution in [0.2, 0.25) is 0 Å². The molecule has 0 aliphatic rings. The number of aromatic nitrogens is 18. The number of nitrogens with zero attached hydrogens (tertiary/aromatic N) is 19. The first kappa shape index (κ1) is 73.5. The molecule has 674 valence electrons. The molecule has 0 atom stereocenters. The lowest BCUT2D eigenvalue weighted by molar-refractivity contribution is 0.0729. The highest BCUT2D eigenvalue weighted by atomic mass is 32.1. The minimum Gasteiger partial charge on any atom is -0.384 e. The SMILES string of the molecule is Cc1cc(-c2ncccc2-c2ccc3ncc(C(C)(C)O)n3c2)ccc1F.[2H]C([2H])([2H])c1cccc(-c2ncccc2-c2ccc3ncc([N+]#[C-])n3c2)c1.[2H]C([2H])([2H])c1cccc(-c2ncccc2-c2ccc3nccn3c2)c1.[2H]C([2H])([2H])c1cccc(-c2ncccc2-c2ccc3ncsc3c2)c1.[2H]C([2H])([2H])c1cccc(-c2ncccc2-c2ccn3cncc3c2)c1.[2H]C([2H])([2H])c1cccc(-c2ncccc2-c2ccn3nccc3n2)c1. The van der Waals surface area contributed by atoms with E-state index in [9.17, 15) is 9.50 Å². The molecule has 0 radical (unpaired) electrons. The zero-order valence-corrected chi connectivity index (χ0v) is 75.7. The van der Waals surface area contributed by atoms with Crippen LogP contribution in [0.5, 0.6) is 0 Å². The Balaban J connectivity index is 0.000000115. The quantitative estimate of drug-likeness (QED) is 0.106. The summed E-state index contributed by atoms with van der Waals surface area (Å²) in [5, 5.41) is 14.6. The van der Waals surface area contributed by atoms with E-state index in [1.807, 2.05) is 232 Å². The number of thiazole rings is 1. The molecule has 1 N–H and O–H groups in total. The van der Waals surface area contributed by atoms with Gasteiger partial charge in [-0.25, -0.2) is 43.2 Å². The molecule has 17 aromatic heterocycles. The Bertz CT molecular complexity index is 8590. The molecule has 24 aromatic rings. The van der Waals surface area contributed by atoms with Crippen LogP contribution in [0.25, 0.3) is 178 Å². The molecule has 0 spiro atoms. The van der Waals surface area contributed by atoms with Crippen molar-refractivity contribution in [3.8, 4) is 134 Å². The molecule has 0 bridgehead atoms. The maximum Gasteiger partial charge on any atom is 0.254 e. The number of rotatable bonds is 13. The lowest BCUT2D eigenvalue weighted by Gasteiger charge is -2.17. The summed E-state index contributed by atoms with van der Waals surface area (Å²) in [7, 11) is 0. The number of aryl methyl sites for hydroxylation is 6. The topological polar surface area (TPSA) is 214 Å². The fraction of sp³-hybridized carbons (Fsp3) is 0.0769. The fourth-order valence-corrected chi connectivity index (χ4v) is 17.0. The minimum absolute atomic E-state index is 0.231. The number of pyridine rings is 10.